The van der Waals surface area contributed by atoms with Crippen LogP contribution in [0.3, 0.4) is 0 Å². The molecule has 1 nitrogen and oxygen atoms in total. The van der Waals surface area contributed by atoms with Crippen molar-refractivity contribution in [3.63, 3.8) is 0 Å². The highest BCUT2D eigenvalue weighted by molar-refractivity contribution is 6.35. The van der Waals surface area contributed by atoms with Crippen LogP contribution in [0.1, 0.15) is 18.5 Å². The van der Waals surface area contributed by atoms with E-state index in [0.29, 0.717) is 6.04 Å². The lowest BCUT2D eigenvalue weighted by Gasteiger charge is -2.24. The van der Waals surface area contributed by atoms with Gasteiger partial charge in [-0.2, -0.15) is 0 Å². The Bertz CT molecular complexity index is 253. The second-order valence-corrected chi connectivity index (χ2v) is 6.14. The molecule has 0 heterocycles. The zero-order valence-electron chi connectivity index (χ0n) is 8.91. The first-order chi connectivity index (χ1) is 6.75. The third-order valence-corrected chi connectivity index (χ3v) is 5.23. The van der Waals surface area contributed by atoms with Gasteiger partial charge in [-0.1, -0.05) is 30.3 Å². The van der Waals surface area contributed by atoms with Crippen molar-refractivity contribution < 1.29 is 0 Å². The molecule has 0 saturated carbocycles. The zero-order valence-corrected chi connectivity index (χ0v) is 11.1. The highest BCUT2D eigenvalue weighted by atomic mass is 35.5. The normalized spacial score (nSPS) is 14.0. The van der Waals surface area contributed by atoms with Gasteiger partial charge in [-0.05, 0) is 25.6 Å². The predicted octanol–water partition coefficient (Wildman–Crippen LogP) is 2.42. The second-order valence-electron chi connectivity index (χ2n) is 3.61. The summed E-state index contributed by atoms with van der Waals surface area (Å²) in [5, 5.41) is 0. The van der Waals surface area contributed by atoms with E-state index < -0.39 is 0 Å². The van der Waals surface area contributed by atoms with E-state index in [0.717, 1.165) is 5.88 Å². The van der Waals surface area contributed by atoms with Gasteiger partial charge in [0, 0.05) is 11.9 Å². The molecular formula is C11H18ClNSi. The minimum Gasteiger partial charge on any atom is -0.326 e. The van der Waals surface area contributed by atoms with E-state index in [9.17, 15) is 0 Å². The average molecular weight is 228 g/mol. The van der Waals surface area contributed by atoms with Gasteiger partial charge >= 0.3 is 0 Å². The summed E-state index contributed by atoms with van der Waals surface area (Å²) in [6.07, 6.45) is 0. The molecule has 0 radical (unpaired) electrons. The Balaban J connectivity index is 2.52. The van der Waals surface area contributed by atoms with Crippen LogP contribution in [0.5, 0.6) is 0 Å². The monoisotopic (exact) mass is 227 g/mol. The minimum absolute atomic E-state index is 0.154. The molecule has 0 aliphatic rings. The lowest BCUT2D eigenvalue weighted by Crippen LogP contribution is -2.26. The first-order valence-corrected chi connectivity index (χ1v) is 7.23. The number of halogens is 1. The van der Waals surface area contributed by atoms with Crippen molar-refractivity contribution in [3.05, 3.63) is 35.9 Å². The van der Waals surface area contributed by atoms with E-state index in [2.05, 4.69) is 48.9 Å². The molecule has 1 aromatic carbocycles. The van der Waals surface area contributed by atoms with Crippen LogP contribution in [-0.4, -0.2) is 27.2 Å². The third kappa shape index (κ3) is 3.44. The van der Waals surface area contributed by atoms with Gasteiger partial charge in [-0.3, -0.25) is 0 Å². The molecule has 0 saturated heterocycles. The van der Waals surface area contributed by atoms with Gasteiger partial charge in [0.1, 0.15) is 0 Å². The summed E-state index contributed by atoms with van der Waals surface area (Å²) in [4.78, 5) is 0. The minimum atomic E-state index is -0.154. The molecule has 0 aromatic heterocycles. The van der Waals surface area contributed by atoms with Crippen LogP contribution < -0.4 is 0 Å². The lowest BCUT2D eigenvalue weighted by molar-refractivity contribution is 0.425. The molecule has 0 amide bonds. The number of alkyl halides is 1. The second kappa shape index (κ2) is 6.22. The molecule has 0 spiro atoms. The van der Waals surface area contributed by atoms with E-state index in [1.165, 1.54) is 11.6 Å². The fraction of sp³-hybridized carbons (Fsp3) is 0.455. The molecule has 0 aliphatic heterocycles. The molecule has 0 bridgehead atoms. The van der Waals surface area contributed by atoms with Crippen LogP contribution in [0.15, 0.2) is 30.3 Å². The molecule has 14 heavy (non-hydrogen) atoms. The largest absolute Gasteiger partial charge is 0.326 e. The quantitative estimate of drug-likeness (QED) is 0.552. The maximum absolute atomic E-state index is 5.70. The van der Waals surface area contributed by atoms with Crippen LogP contribution >= 0.6 is 11.6 Å². The Hall–Kier alpha value is -0.313. The van der Waals surface area contributed by atoms with Crippen LogP contribution in [0.2, 0.25) is 6.04 Å². The van der Waals surface area contributed by atoms with Gasteiger partial charge in [-0.15, -0.1) is 11.6 Å². The number of nitrogens with zero attached hydrogens (tertiary/aromatic N) is 1. The average Bonchev–Trinajstić information content (AvgIpc) is 2.26. The molecular weight excluding hydrogens is 210 g/mol. The smallest absolute Gasteiger partial charge is 0.0966 e. The van der Waals surface area contributed by atoms with Crippen molar-refractivity contribution in [1.29, 1.82) is 0 Å². The third-order valence-electron chi connectivity index (χ3n) is 2.59. The summed E-state index contributed by atoms with van der Waals surface area (Å²) in [6, 6.07) is 12.4. The standard InChI is InChI=1S/C11H18ClNSi/c1-10(13(2)14-9-8-12)11-6-4-3-5-7-11/h3-7,10H,8-9,14H2,1-2H3. The van der Waals surface area contributed by atoms with Crippen LogP contribution in [0.4, 0.5) is 0 Å². The van der Waals surface area contributed by atoms with Crippen molar-refractivity contribution in [2.45, 2.75) is 19.0 Å². The zero-order chi connectivity index (χ0) is 10.4. The number of rotatable bonds is 5. The van der Waals surface area contributed by atoms with Gasteiger partial charge in [0.15, 0.2) is 0 Å². The SMILES string of the molecule is CC(c1ccccc1)N(C)[SiH2]CCCl. The molecule has 0 fully saturated rings. The Morgan fingerprint density at radius 2 is 2.00 bits per heavy atom. The van der Waals surface area contributed by atoms with Crippen LogP contribution in [-0.2, 0) is 0 Å². The highest BCUT2D eigenvalue weighted by Gasteiger charge is 2.09. The van der Waals surface area contributed by atoms with Crippen molar-refractivity contribution in [3.8, 4) is 0 Å². The van der Waals surface area contributed by atoms with E-state index in [1.807, 2.05) is 0 Å². The van der Waals surface area contributed by atoms with Gasteiger partial charge < -0.3 is 4.57 Å². The number of hydrogen-bond donors (Lipinski definition) is 0. The summed E-state index contributed by atoms with van der Waals surface area (Å²) >= 11 is 5.70. The van der Waals surface area contributed by atoms with Crippen molar-refractivity contribution in [1.82, 2.24) is 4.57 Å². The maximum Gasteiger partial charge on any atom is 0.0966 e. The number of benzene rings is 1. The van der Waals surface area contributed by atoms with Crippen molar-refractivity contribution in [2.75, 3.05) is 12.9 Å². The molecule has 0 N–H and O–H groups in total. The molecule has 1 rings (SSSR count). The van der Waals surface area contributed by atoms with Crippen molar-refractivity contribution >= 4 is 21.3 Å². The molecule has 1 atom stereocenters. The lowest BCUT2D eigenvalue weighted by atomic mass is 10.1. The summed E-state index contributed by atoms with van der Waals surface area (Å²) in [5.41, 5.74) is 1.40. The van der Waals surface area contributed by atoms with Crippen molar-refractivity contribution in [2.24, 2.45) is 0 Å². The van der Waals surface area contributed by atoms with Crippen LogP contribution in [0.25, 0.3) is 0 Å². The van der Waals surface area contributed by atoms with E-state index in [1.54, 1.807) is 0 Å². The van der Waals surface area contributed by atoms with E-state index in [-0.39, 0.29) is 9.68 Å². The fourth-order valence-electron chi connectivity index (χ4n) is 1.49. The molecule has 1 unspecified atom stereocenters. The summed E-state index contributed by atoms with van der Waals surface area (Å²) in [5.74, 6) is 0.804. The van der Waals surface area contributed by atoms with Gasteiger partial charge in [0.2, 0.25) is 0 Å². The maximum atomic E-state index is 5.70. The Labute approximate surface area is 94.0 Å². The first-order valence-electron chi connectivity index (χ1n) is 5.07. The highest BCUT2D eigenvalue weighted by Crippen LogP contribution is 2.17. The van der Waals surface area contributed by atoms with Gasteiger partial charge in [0.05, 0.1) is 9.68 Å². The molecule has 0 aliphatic carbocycles. The topological polar surface area (TPSA) is 3.24 Å². The molecule has 1 aromatic rings. The Kier molecular flexibility index (Phi) is 5.23. The Morgan fingerprint density at radius 3 is 2.57 bits per heavy atom. The van der Waals surface area contributed by atoms with E-state index in [4.69, 9.17) is 11.6 Å². The summed E-state index contributed by atoms with van der Waals surface area (Å²) in [7, 11) is 2.05. The number of hydrogen-bond acceptors (Lipinski definition) is 1. The van der Waals surface area contributed by atoms with Crippen LogP contribution in [0, 0.1) is 0 Å². The van der Waals surface area contributed by atoms with E-state index >= 15 is 0 Å². The molecule has 78 valence electrons. The Morgan fingerprint density at radius 1 is 1.36 bits per heavy atom. The predicted molar refractivity (Wildman–Crippen MR) is 66.7 cm³/mol. The first kappa shape index (κ1) is 11.8. The molecule has 3 heteroatoms. The van der Waals surface area contributed by atoms with Gasteiger partial charge in [-0.25, -0.2) is 0 Å². The van der Waals surface area contributed by atoms with Gasteiger partial charge in [0.25, 0.3) is 0 Å². The fourth-order valence-corrected chi connectivity index (χ4v) is 3.06. The summed E-state index contributed by atoms with van der Waals surface area (Å²) in [6.45, 7) is 2.26. The summed E-state index contributed by atoms with van der Waals surface area (Å²) < 4.78 is 2.47.